The average molecular weight is 409 g/mol. The van der Waals surface area contributed by atoms with Crippen molar-refractivity contribution < 1.29 is 22.3 Å². The molecule has 1 aromatic heterocycles. The van der Waals surface area contributed by atoms with Crippen molar-refractivity contribution in [3.8, 4) is 5.88 Å². The number of pyridine rings is 1. The van der Waals surface area contributed by atoms with Crippen LogP contribution in [0.1, 0.15) is 36.7 Å². The van der Waals surface area contributed by atoms with Crippen LogP contribution < -0.4 is 10.1 Å². The van der Waals surface area contributed by atoms with Gasteiger partial charge in [0.05, 0.1) is 6.61 Å². The highest BCUT2D eigenvalue weighted by atomic mass is 32.2. The summed E-state index contributed by atoms with van der Waals surface area (Å²) in [5.74, 6) is -1.01. The Morgan fingerprint density at radius 2 is 1.93 bits per heavy atom. The van der Waals surface area contributed by atoms with E-state index in [1.54, 1.807) is 32.2 Å². The Hall–Kier alpha value is -2.52. The van der Waals surface area contributed by atoms with Gasteiger partial charge in [-0.05, 0) is 31.2 Å². The van der Waals surface area contributed by atoms with Gasteiger partial charge in [0.1, 0.15) is 10.7 Å². The molecule has 28 heavy (non-hydrogen) atoms. The molecule has 0 unspecified atom stereocenters. The standard InChI is InChI=1S/C19H24FN3O4S/c1-4-23(5-2)28(25,26)17-12-14(9-10-16(17)20)18(24)22-13-15-8-7-11-21-19(15)27-6-3/h7-12H,4-6,13H2,1-3H3,(H,22,24). The number of carbonyl (C=O) groups excluding carboxylic acids is 1. The van der Waals surface area contributed by atoms with Crippen LogP contribution in [0, 0.1) is 5.82 Å². The molecule has 2 aromatic rings. The number of benzene rings is 1. The Morgan fingerprint density at radius 3 is 2.57 bits per heavy atom. The molecule has 0 aliphatic heterocycles. The van der Waals surface area contributed by atoms with Crippen LogP contribution in [0.4, 0.5) is 4.39 Å². The van der Waals surface area contributed by atoms with E-state index in [2.05, 4.69) is 10.3 Å². The first-order valence-corrected chi connectivity index (χ1v) is 10.4. The van der Waals surface area contributed by atoms with Gasteiger partial charge in [-0.1, -0.05) is 19.9 Å². The molecule has 0 radical (unpaired) electrons. The van der Waals surface area contributed by atoms with E-state index in [4.69, 9.17) is 4.74 Å². The van der Waals surface area contributed by atoms with Gasteiger partial charge in [-0.15, -0.1) is 0 Å². The number of amides is 1. The molecule has 1 amide bonds. The molecular formula is C19H24FN3O4S. The van der Waals surface area contributed by atoms with Crippen LogP contribution in [-0.2, 0) is 16.6 Å². The van der Waals surface area contributed by atoms with E-state index in [0.29, 0.717) is 18.1 Å². The maximum atomic E-state index is 14.2. The third-order valence-electron chi connectivity index (χ3n) is 4.09. The summed E-state index contributed by atoms with van der Waals surface area (Å²) in [6, 6.07) is 6.78. The van der Waals surface area contributed by atoms with Gasteiger partial charge in [-0.2, -0.15) is 4.31 Å². The smallest absolute Gasteiger partial charge is 0.251 e. The summed E-state index contributed by atoms with van der Waals surface area (Å²) < 4.78 is 46.0. The van der Waals surface area contributed by atoms with Crippen LogP contribution in [0.2, 0.25) is 0 Å². The molecule has 1 heterocycles. The Morgan fingerprint density at radius 1 is 1.21 bits per heavy atom. The zero-order valence-corrected chi connectivity index (χ0v) is 16.9. The van der Waals surface area contributed by atoms with Crippen molar-refractivity contribution in [1.82, 2.24) is 14.6 Å². The minimum Gasteiger partial charge on any atom is -0.478 e. The summed E-state index contributed by atoms with van der Waals surface area (Å²) in [5.41, 5.74) is 0.727. The van der Waals surface area contributed by atoms with Crippen molar-refractivity contribution >= 4 is 15.9 Å². The maximum absolute atomic E-state index is 14.2. The topological polar surface area (TPSA) is 88.6 Å². The molecule has 0 saturated heterocycles. The first-order chi connectivity index (χ1) is 13.3. The van der Waals surface area contributed by atoms with Crippen LogP contribution in [0.25, 0.3) is 0 Å². The molecular weight excluding hydrogens is 385 g/mol. The van der Waals surface area contributed by atoms with Gasteiger partial charge in [-0.25, -0.2) is 17.8 Å². The lowest BCUT2D eigenvalue weighted by atomic mass is 10.2. The molecule has 1 aromatic carbocycles. The predicted octanol–water partition coefficient (Wildman–Crippen LogP) is 2.58. The lowest BCUT2D eigenvalue weighted by Crippen LogP contribution is -2.31. The molecule has 0 saturated carbocycles. The summed E-state index contributed by atoms with van der Waals surface area (Å²) in [6.07, 6.45) is 1.58. The summed E-state index contributed by atoms with van der Waals surface area (Å²) >= 11 is 0. The van der Waals surface area contributed by atoms with Crippen LogP contribution in [0.3, 0.4) is 0 Å². The lowest BCUT2D eigenvalue weighted by Gasteiger charge is -2.19. The summed E-state index contributed by atoms with van der Waals surface area (Å²) in [4.78, 5) is 16.1. The van der Waals surface area contributed by atoms with Crippen LogP contribution >= 0.6 is 0 Å². The van der Waals surface area contributed by atoms with E-state index in [1.165, 1.54) is 6.07 Å². The molecule has 2 rings (SSSR count). The Balaban J connectivity index is 2.24. The fraction of sp³-hybridized carbons (Fsp3) is 0.368. The molecule has 9 heteroatoms. The van der Waals surface area contributed by atoms with Crippen molar-refractivity contribution in [1.29, 1.82) is 0 Å². The van der Waals surface area contributed by atoms with E-state index in [-0.39, 0.29) is 25.2 Å². The molecule has 0 aliphatic carbocycles. The molecule has 0 spiro atoms. The van der Waals surface area contributed by atoms with Gasteiger partial charge in [0.15, 0.2) is 0 Å². The van der Waals surface area contributed by atoms with Gasteiger partial charge < -0.3 is 10.1 Å². The quantitative estimate of drug-likeness (QED) is 0.688. The lowest BCUT2D eigenvalue weighted by molar-refractivity contribution is 0.0950. The van der Waals surface area contributed by atoms with E-state index in [0.717, 1.165) is 16.4 Å². The SMILES string of the molecule is CCOc1ncccc1CNC(=O)c1ccc(F)c(S(=O)(=O)N(CC)CC)c1. The summed E-state index contributed by atoms with van der Waals surface area (Å²) in [6.45, 7) is 6.14. The monoisotopic (exact) mass is 409 g/mol. The number of nitrogens with one attached hydrogen (secondary N) is 1. The fourth-order valence-corrected chi connectivity index (χ4v) is 4.20. The number of ether oxygens (including phenoxy) is 1. The van der Waals surface area contributed by atoms with Gasteiger partial charge in [-0.3, -0.25) is 4.79 Å². The van der Waals surface area contributed by atoms with Gasteiger partial charge in [0.2, 0.25) is 15.9 Å². The number of halogens is 1. The number of aromatic nitrogens is 1. The van der Waals surface area contributed by atoms with Gasteiger partial charge in [0.25, 0.3) is 5.91 Å². The Bertz CT molecular complexity index is 931. The average Bonchev–Trinajstić information content (AvgIpc) is 2.68. The van der Waals surface area contributed by atoms with E-state index in [1.807, 2.05) is 6.92 Å². The molecule has 0 bridgehead atoms. The molecule has 1 N–H and O–H groups in total. The second kappa shape index (κ2) is 9.61. The first kappa shape index (κ1) is 21.8. The Labute approximate surface area is 164 Å². The Kier molecular flexibility index (Phi) is 7.47. The number of sulfonamides is 1. The molecule has 0 atom stereocenters. The van der Waals surface area contributed by atoms with Crippen molar-refractivity contribution in [2.24, 2.45) is 0 Å². The highest BCUT2D eigenvalue weighted by molar-refractivity contribution is 7.89. The highest BCUT2D eigenvalue weighted by Gasteiger charge is 2.26. The largest absolute Gasteiger partial charge is 0.478 e. The number of carbonyl (C=O) groups is 1. The molecule has 152 valence electrons. The van der Waals surface area contributed by atoms with Gasteiger partial charge >= 0.3 is 0 Å². The van der Waals surface area contributed by atoms with E-state index in [9.17, 15) is 17.6 Å². The van der Waals surface area contributed by atoms with E-state index < -0.39 is 26.6 Å². The van der Waals surface area contributed by atoms with Crippen LogP contribution in [-0.4, -0.2) is 43.3 Å². The van der Waals surface area contributed by atoms with Crippen molar-refractivity contribution in [3.63, 3.8) is 0 Å². The molecule has 0 fully saturated rings. The molecule has 7 nitrogen and oxygen atoms in total. The van der Waals surface area contributed by atoms with Crippen LogP contribution in [0.5, 0.6) is 5.88 Å². The second-order valence-corrected chi connectivity index (χ2v) is 7.72. The van der Waals surface area contributed by atoms with Crippen molar-refractivity contribution in [2.75, 3.05) is 19.7 Å². The second-order valence-electron chi connectivity index (χ2n) is 5.82. The third-order valence-corrected chi connectivity index (χ3v) is 6.15. The number of nitrogens with zero attached hydrogens (tertiary/aromatic N) is 2. The minimum absolute atomic E-state index is 0.0500. The third kappa shape index (κ3) is 4.85. The number of rotatable bonds is 9. The first-order valence-electron chi connectivity index (χ1n) is 8.99. The normalized spacial score (nSPS) is 11.5. The number of hydrogen-bond donors (Lipinski definition) is 1. The van der Waals surface area contributed by atoms with E-state index >= 15 is 0 Å². The maximum Gasteiger partial charge on any atom is 0.251 e. The minimum atomic E-state index is -4.02. The molecule has 0 aliphatic rings. The van der Waals surface area contributed by atoms with Crippen molar-refractivity contribution in [2.45, 2.75) is 32.2 Å². The number of hydrogen-bond acceptors (Lipinski definition) is 5. The van der Waals surface area contributed by atoms with Crippen LogP contribution in [0.15, 0.2) is 41.4 Å². The van der Waals surface area contributed by atoms with Crippen molar-refractivity contribution in [3.05, 3.63) is 53.5 Å². The zero-order chi connectivity index (χ0) is 20.7. The zero-order valence-electron chi connectivity index (χ0n) is 16.1. The predicted molar refractivity (Wildman–Crippen MR) is 103 cm³/mol. The highest BCUT2D eigenvalue weighted by Crippen LogP contribution is 2.21. The van der Waals surface area contributed by atoms with Gasteiger partial charge in [0, 0.05) is 37.0 Å². The summed E-state index contributed by atoms with van der Waals surface area (Å²) in [5, 5.41) is 2.68. The fourth-order valence-electron chi connectivity index (χ4n) is 2.65. The summed E-state index contributed by atoms with van der Waals surface area (Å²) in [7, 11) is -4.02.